The summed E-state index contributed by atoms with van der Waals surface area (Å²) in [5.41, 5.74) is 0.207. The van der Waals surface area contributed by atoms with Gasteiger partial charge >= 0.3 is 10.4 Å². The number of halogens is 1. The third kappa shape index (κ3) is 2.58. The summed E-state index contributed by atoms with van der Waals surface area (Å²) in [7, 11) is -4.61. The Morgan fingerprint density at radius 2 is 2.12 bits per heavy atom. The van der Waals surface area contributed by atoms with Crippen molar-refractivity contribution in [1.29, 1.82) is 0 Å². The van der Waals surface area contributed by atoms with Crippen molar-refractivity contribution in [3.05, 3.63) is 28.0 Å². The number of nitrogens with zero attached hydrogens (tertiary/aromatic N) is 1. The highest BCUT2D eigenvalue weighted by atomic mass is 127. The average molecular weight is 367 g/mol. The average Bonchev–Trinajstić information content (AvgIpc) is 2.24. The molecule has 2 N–H and O–H groups in total. The van der Waals surface area contributed by atoms with Gasteiger partial charge in [0.2, 0.25) is 0 Å². The van der Waals surface area contributed by atoms with Gasteiger partial charge in [-0.3, -0.25) is 9.54 Å². The molecular formula is C9H6INO5S. The van der Waals surface area contributed by atoms with Gasteiger partial charge in [-0.1, -0.05) is 0 Å². The molecule has 0 radical (unpaired) electrons. The third-order valence-electron chi connectivity index (χ3n) is 1.98. The number of aromatic hydroxyl groups is 1. The van der Waals surface area contributed by atoms with Gasteiger partial charge in [0.1, 0.15) is 5.52 Å². The Morgan fingerprint density at radius 3 is 2.76 bits per heavy atom. The first-order chi connectivity index (χ1) is 7.88. The number of rotatable bonds is 2. The molecule has 0 amide bonds. The van der Waals surface area contributed by atoms with E-state index in [0.29, 0.717) is 8.96 Å². The van der Waals surface area contributed by atoms with Gasteiger partial charge < -0.3 is 9.29 Å². The van der Waals surface area contributed by atoms with E-state index in [1.165, 1.54) is 18.3 Å². The van der Waals surface area contributed by atoms with Crippen molar-refractivity contribution in [1.82, 2.24) is 4.98 Å². The van der Waals surface area contributed by atoms with Crippen LogP contribution in [0.1, 0.15) is 0 Å². The molecule has 2 aromatic rings. The van der Waals surface area contributed by atoms with E-state index in [-0.39, 0.29) is 17.0 Å². The Bertz CT molecular complexity index is 685. The molecular weight excluding hydrogens is 361 g/mol. The van der Waals surface area contributed by atoms with Crippen LogP contribution in [0, 0.1) is 3.57 Å². The summed E-state index contributed by atoms with van der Waals surface area (Å²) in [4.78, 5) is 3.92. The van der Waals surface area contributed by atoms with Crippen molar-refractivity contribution in [2.24, 2.45) is 0 Å². The van der Waals surface area contributed by atoms with Crippen LogP contribution in [0.2, 0.25) is 0 Å². The standard InChI is InChI=1S/C9H6INO5S/c10-6-4-7(16-17(13,14)15)5-2-1-3-11-8(5)9(6)12/h1-4,12H,(H,13,14,15). The predicted octanol–water partition coefficient (Wildman–Crippen LogP) is 1.73. The van der Waals surface area contributed by atoms with Crippen LogP contribution < -0.4 is 4.18 Å². The lowest BCUT2D eigenvalue weighted by molar-refractivity contribution is 0.387. The fourth-order valence-electron chi connectivity index (χ4n) is 1.35. The molecule has 0 unspecified atom stereocenters. The second-order valence-electron chi connectivity index (χ2n) is 3.12. The lowest BCUT2D eigenvalue weighted by atomic mass is 10.2. The van der Waals surface area contributed by atoms with E-state index in [0.717, 1.165) is 0 Å². The molecule has 0 saturated heterocycles. The molecule has 0 spiro atoms. The fraction of sp³-hybridized carbons (Fsp3) is 0. The molecule has 1 aromatic heterocycles. The van der Waals surface area contributed by atoms with Crippen molar-refractivity contribution in [2.75, 3.05) is 0 Å². The Labute approximate surface area is 110 Å². The minimum Gasteiger partial charge on any atom is -0.505 e. The second-order valence-corrected chi connectivity index (χ2v) is 5.30. The Hall–Kier alpha value is -1.13. The number of benzene rings is 1. The molecule has 2 rings (SSSR count). The molecule has 1 aromatic carbocycles. The molecule has 17 heavy (non-hydrogen) atoms. The van der Waals surface area contributed by atoms with Gasteiger partial charge in [-0.05, 0) is 40.8 Å². The molecule has 0 aliphatic carbocycles. The minimum absolute atomic E-state index is 0.0658. The fourth-order valence-corrected chi connectivity index (χ4v) is 2.25. The molecule has 6 nitrogen and oxygen atoms in total. The molecule has 8 heteroatoms. The number of phenols is 1. The molecule has 0 saturated carbocycles. The second kappa shape index (κ2) is 4.27. The number of hydrogen-bond acceptors (Lipinski definition) is 5. The van der Waals surface area contributed by atoms with Crippen LogP contribution >= 0.6 is 22.6 Å². The molecule has 90 valence electrons. The third-order valence-corrected chi connectivity index (χ3v) is 3.19. The lowest BCUT2D eigenvalue weighted by Crippen LogP contribution is -2.07. The summed E-state index contributed by atoms with van der Waals surface area (Å²) in [6.07, 6.45) is 1.45. The van der Waals surface area contributed by atoms with Gasteiger partial charge in [0, 0.05) is 11.6 Å². The van der Waals surface area contributed by atoms with Crippen LogP contribution in [0.15, 0.2) is 24.4 Å². The molecule has 1 heterocycles. The smallest absolute Gasteiger partial charge is 0.446 e. The van der Waals surface area contributed by atoms with Gasteiger partial charge in [-0.25, -0.2) is 0 Å². The number of fused-ring (bicyclic) bond motifs is 1. The SMILES string of the molecule is O=S(=O)(O)Oc1cc(I)c(O)c2ncccc12. The van der Waals surface area contributed by atoms with Crippen molar-refractivity contribution < 1.29 is 22.3 Å². The van der Waals surface area contributed by atoms with E-state index < -0.39 is 10.4 Å². The van der Waals surface area contributed by atoms with E-state index in [1.54, 1.807) is 28.7 Å². The summed E-state index contributed by atoms with van der Waals surface area (Å²) in [5, 5.41) is 10.0. The predicted molar refractivity (Wildman–Crippen MR) is 68.3 cm³/mol. The van der Waals surface area contributed by atoms with Gasteiger partial charge in [0.25, 0.3) is 0 Å². The zero-order chi connectivity index (χ0) is 12.6. The molecule has 0 bridgehead atoms. The van der Waals surface area contributed by atoms with Gasteiger partial charge in [0.15, 0.2) is 11.5 Å². The van der Waals surface area contributed by atoms with Crippen LogP contribution in [-0.4, -0.2) is 23.1 Å². The maximum absolute atomic E-state index is 10.7. The van der Waals surface area contributed by atoms with Crippen molar-refractivity contribution >= 4 is 43.9 Å². The number of hydrogen-bond donors (Lipinski definition) is 2. The number of aromatic nitrogens is 1. The highest BCUT2D eigenvalue weighted by Crippen LogP contribution is 2.35. The highest BCUT2D eigenvalue weighted by molar-refractivity contribution is 14.1. The summed E-state index contributed by atoms with van der Waals surface area (Å²) in [6.45, 7) is 0. The van der Waals surface area contributed by atoms with E-state index in [4.69, 9.17) is 4.55 Å². The van der Waals surface area contributed by atoms with E-state index in [2.05, 4.69) is 9.17 Å². The maximum atomic E-state index is 10.7. The molecule has 0 aliphatic heterocycles. The number of pyridine rings is 1. The summed E-state index contributed by atoms with van der Waals surface area (Å²) >= 11 is 1.80. The van der Waals surface area contributed by atoms with E-state index in [9.17, 15) is 13.5 Å². The monoisotopic (exact) mass is 367 g/mol. The van der Waals surface area contributed by atoms with E-state index in [1.807, 2.05) is 0 Å². The summed E-state index contributed by atoms with van der Waals surface area (Å²) < 4.78 is 34.8. The Morgan fingerprint density at radius 1 is 1.41 bits per heavy atom. The molecule has 0 fully saturated rings. The van der Waals surface area contributed by atoms with Crippen molar-refractivity contribution in [3.8, 4) is 11.5 Å². The normalized spacial score (nSPS) is 11.6. The number of phenolic OH excluding ortho intramolecular Hbond substituents is 1. The van der Waals surface area contributed by atoms with Crippen LogP contribution in [0.25, 0.3) is 10.9 Å². The summed E-state index contributed by atoms with van der Waals surface area (Å²) in [5.74, 6) is -0.151. The van der Waals surface area contributed by atoms with Crippen LogP contribution in [-0.2, 0) is 10.4 Å². The topological polar surface area (TPSA) is 96.7 Å². The lowest BCUT2D eigenvalue weighted by Gasteiger charge is -2.08. The first-order valence-corrected chi connectivity index (χ1v) is 6.76. The first-order valence-electron chi connectivity index (χ1n) is 4.31. The first kappa shape index (κ1) is 12.3. The quantitative estimate of drug-likeness (QED) is 0.620. The van der Waals surface area contributed by atoms with E-state index >= 15 is 0 Å². The van der Waals surface area contributed by atoms with Gasteiger partial charge in [-0.2, -0.15) is 8.42 Å². The minimum atomic E-state index is -4.61. The molecule has 0 atom stereocenters. The Kier molecular flexibility index (Phi) is 3.10. The summed E-state index contributed by atoms with van der Waals surface area (Å²) in [6, 6.07) is 4.39. The van der Waals surface area contributed by atoms with Crippen LogP contribution in [0.4, 0.5) is 0 Å². The van der Waals surface area contributed by atoms with Crippen molar-refractivity contribution in [2.45, 2.75) is 0 Å². The largest absolute Gasteiger partial charge is 0.505 e. The van der Waals surface area contributed by atoms with Gasteiger partial charge in [-0.15, -0.1) is 0 Å². The highest BCUT2D eigenvalue weighted by Gasteiger charge is 2.15. The zero-order valence-corrected chi connectivity index (χ0v) is 11.1. The zero-order valence-electron chi connectivity index (χ0n) is 8.16. The van der Waals surface area contributed by atoms with Crippen molar-refractivity contribution in [3.63, 3.8) is 0 Å². The Balaban J connectivity index is 2.76. The van der Waals surface area contributed by atoms with Gasteiger partial charge in [0.05, 0.1) is 3.57 Å². The van der Waals surface area contributed by atoms with Crippen LogP contribution in [0.3, 0.4) is 0 Å². The molecule has 0 aliphatic rings. The van der Waals surface area contributed by atoms with Crippen LogP contribution in [0.5, 0.6) is 11.5 Å². The maximum Gasteiger partial charge on any atom is 0.446 e.